The van der Waals surface area contributed by atoms with Crippen LogP contribution in [0.3, 0.4) is 0 Å². The molecule has 0 saturated heterocycles. The lowest BCUT2D eigenvalue weighted by Crippen LogP contribution is -2.28. The number of carbonyl (C=O) groups is 1. The van der Waals surface area contributed by atoms with Crippen LogP contribution in [0.2, 0.25) is 0 Å². The smallest absolute Gasteiger partial charge is 0.251 e. The van der Waals surface area contributed by atoms with Crippen LogP contribution in [0.1, 0.15) is 47.8 Å². The Morgan fingerprint density at radius 2 is 1.78 bits per heavy atom. The van der Waals surface area contributed by atoms with Gasteiger partial charge in [-0.25, -0.2) is 0 Å². The lowest BCUT2D eigenvalue weighted by molar-refractivity contribution is 0.0935. The van der Waals surface area contributed by atoms with Gasteiger partial charge in [0.05, 0.1) is 27.4 Å². The first-order valence-electron chi connectivity index (χ1n) is 8.91. The van der Waals surface area contributed by atoms with E-state index in [0.717, 1.165) is 23.3 Å². The van der Waals surface area contributed by atoms with E-state index in [1.54, 1.807) is 33.5 Å². The van der Waals surface area contributed by atoms with Gasteiger partial charge < -0.3 is 19.5 Å². The molecule has 2 aromatic carbocycles. The summed E-state index contributed by atoms with van der Waals surface area (Å²) in [5.41, 5.74) is 2.34. The van der Waals surface area contributed by atoms with Gasteiger partial charge in [0.2, 0.25) is 0 Å². The van der Waals surface area contributed by atoms with E-state index in [2.05, 4.69) is 5.32 Å². The normalized spacial score (nSPS) is 11.9. The zero-order chi connectivity index (χ0) is 19.8. The van der Waals surface area contributed by atoms with Crippen LogP contribution >= 0.6 is 0 Å². The summed E-state index contributed by atoms with van der Waals surface area (Å²) in [5.74, 6) is 1.75. The lowest BCUT2D eigenvalue weighted by atomic mass is 10.0. The third-order valence-electron chi connectivity index (χ3n) is 4.35. The van der Waals surface area contributed by atoms with E-state index in [-0.39, 0.29) is 11.9 Å². The topological polar surface area (TPSA) is 56.8 Å². The molecule has 5 nitrogen and oxygen atoms in total. The van der Waals surface area contributed by atoms with E-state index in [1.807, 2.05) is 50.3 Å². The molecule has 2 aromatic rings. The largest absolute Gasteiger partial charge is 0.497 e. The fourth-order valence-corrected chi connectivity index (χ4v) is 2.93. The molecular weight excluding hydrogens is 342 g/mol. The first-order chi connectivity index (χ1) is 13.1. The molecule has 0 aromatic heterocycles. The molecule has 2 rings (SSSR count). The van der Waals surface area contributed by atoms with E-state index in [4.69, 9.17) is 14.2 Å². The van der Waals surface area contributed by atoms with Gasteiger partial charge in [0.1, 0.15) is 5.75 Å². The van der Waals surface area contributed by atoms with Crippen LogP contribution < -0.4 is 19.5 Å². The molecule has 0 spiro atoms. The zero-order valence-electron chi connectivity index (χ0n) is 16.5. The van der Waals surface area contributed by atoms with Crippen molar-refractivity contribution in [2.24, 2.45) is 0 Å². The summed E-state index contributed by atoms with van der Waals surface area (Å²) in [6, 6.07) is 11.1. The molecule has 27 heavy (non-hydrogen) atoms. The molecule has 0 heterocycles. The van der Waals surface area contributed by atoms with Crippen LogP contribution in [0.4, 0.5) is 0 Å². The van der Waals surface area contributed by atoms with Crippen molar-refractivity contribution in [2.75, 3.05) is 21.3 Å². The Morgan fingerprint density at radius 3 is 2.30 bits per heavy atom. The van der Waals surface area contributed by atoms with Crippen LogP contribution in [0.5, 0.6) is 17.2 Å². The standard InChI is InChI=1S/C22H27NO4/c1-6-8-16-13-17(14-20(26-4)21(16)27-5)22(24)23-19(7-2)15-9-11-18(25-3)12-10-15/h6,8-14,19H,7H2,1-5H3,(H,23,24)/b8-6+. The van der Waals surface area contributed by atoms with Crippen LogP contribution in [-0.2, 0) is 0 Å². The molecule has 1 atom stereocenters. The summed E-state index contributed by atoms with van der Waals surface area (Å²) in [4.78, 5) is 12.9. The van der Waals surface area contributed by atoms with Crippen molar-refractivity contribution in [1.82, 2.24) is 5.32 Å². The Morgan fingerprint density at radius 1 is 1.07 bits per heavy atom. The van der Waals surface area contributed by atoms with Crippen molar-refractivity contribution in [3.63, 3.8) is 0 Å². The summed E-state index contributed by atoms with van der Waals surface area (Å²) in [6.45, 7) is 3.95. The molecule has 0 aliphatic carbocycles. The van der Waals surface area contributed by atoms with Gasteiger partial charge in [0.25, 0.3) is 5.91 Å². The average molecular weight is 369 g/mol. The molecule has 1 amide bonds. The van der Waals surface area contributed by atoms with Crippen molar-refractivity contribution in [3.05, 3.63) is 59.2 Å². The number of allylic oxidation sites excluding steroid dienone is 1. The predicted octanol–water partition coefficient (Wildman–Crippen LogP) is 4.63. The Bertz CT molecular complexity index is 797. The van der Waals surface area contributed by atoms with Gasteiger partial charge in [0.15, 0.2) is 11.5 Å². The summed E-state index contributed by atoms with van der Waals surface area (Å²) in [7, 11) is 4.78. The second-order valence-electron chi connectivity index (χ2n) is 6.01. The summed E-state index contributed by atoms with van der Waals surface area (Å²) >= 11 is 0. The molecule has 0 saturated carbocycles. The molecule has 0 fully saturated rings. The fraction of sp³-hybridized carbons (Fsp3) is 0.318. The molecule has 0 bridgehead atoms. The molecule has 5 heteroatoms. The second kappa shape index (κ2) is 9.67. The molecular formula is C22H27NO4. The molecule has 1 N–H and O–H groups in total. The number of hydrogen-bond donors (Lipinski definition) is 1. The fourth-order valence-electron chi connectivity index (χ4n) is 2.93. The zero-order valence-corrected chi connectivity index (χ0v) is 16.5. The van der Waals surface area contributed by atoms with Gasteiger partial charge in [-0.2, -0.15) is 0 Å². The number of benzene rings is 2. The quantitative estimate of drug-likeness (QED) is 0.737. The van der Waals surface area contributed by atoms with E-state index < -0.39 is 0 Å². The third kappa shape index (κ3) is 4.82. The van der Waals surface area contributed by atoms with Crippen molar-refractivity contribution >= 4 is 12.0 Å². The summed E-state index contributed by atoms with van der Waals surface area (Å²) in [5, 5.41) is 3.09. The van der Waals surface area contributed by atoms with Crippen molar-refractivity contribution in [1.29, 1.82) is 0 Å². The maximum absolute atomic E-state index is 12.9. The highest BCUT2D eigenvalue weighted by Crippen LogP contribution is 2.34. The first-order valence-corrected chi connectivity index (χ1v) is 8.91. The van der Waals surface area contributed by atoms with Crippen LogP contribution in [0.25, 0.3) is 6.08 Å². The Hall–Kier alpha value is -2.95. The van der Waals surface area contributed by atoms with E-state index in [0.29, 0.717) is 17.1 Å². The minimum absolute atomic E-state index is 0.0957. The van der Waals surface area contributed by atoms with Gasteiger partial charge >= 0.3 is 0 Å². The highest BCUT2D eigenvalue weighted by Gasteiger charge is 2.18. The molecule has 0 aliphatic heterocycles. The lowest BCUT2D eigenvalue weighted by Gasteiger charge is -2.19. The molecule has 144 valence electrons. The number of nitrogens with one attached hydrogen (secondary N) is 1. The Balaban J connectivity index is 2.30. The average Bonchev–Trinajstić information content (AvgIpc) is 2.71. The van der Waals surface area contributed by atoms with Crippen LogP contribution in [0, 0.1) is 0 Å². The van der Waals surface area contributed by atoms with Gasteiger partial charge in [-0.1, -0.05) is 31.2 Å². The van der Waals surface area contributed by atoms with Crippen molar-refractivity contribution in [3.8, 4) is 17.2 Å². The monoisotopic (exact) mass is 369 g/mol. The minimum Gasteiger partial charge on any atom is -0.497 e. The minimum atomic E-state index is -0.163. The highest BCUT2D eigenvalue weighted by atomic mass is 16.5. The van der Waals surface area contributed by atoms with Crippen molar-refractivity contribution < 1.29 is 19.0 Å². The number of amides is 1. The Kier molecular flexibility index (Phi) is 7.29. The molecule has 1 unspecified atom stereocenters. The second-order valence-corrected chi connectivity index (χ2v) is 6.01. The van der Waals surface area contributed by atoms with E-state index in [1.165, 1.54) is 0 Å². The number of ether oxygens (including phenoxy) is 3. The SMILES string of the molecule is C/C=C/c1cc(C(=O)NC(CC)c2ccc(OC)cc2)cc(OC)c1OC. The number of rotatable bonds is 8. The van der Waals surface area contributed by atoms with Crippen LogP contribution in [0.15, 0.2) is 42.5 Å². The van der Waals surface area contributed by atoms with Gasteiger partial charge in [-0.3, -0.25) is 4.79 Å². The van der Waals surface area contributed by atoms with Gasteiger partial charge in [-0.15, -0.1) is 0 Å². The molecule has 0 radical (unpaired) electrons. The maximum Gasteiger partial charge on any atom is 0.251 e. The number of carbonyl (C=O) groups excluding carboxylic acids is 1. The third-order valence-corrected chi connectivity index (χ3v) is 4.35. The predicted molar refractivity (Wildman–Crippen MR) is 108 cm³/mol. The summed E-state index contributed by atoms with van der Waals surface area (Å²) in [6.07, 6.45) is 4.55. The van der Waals surface area contributed by atoms with Gasteiger partial charge in [-0.05, 0) is 43.2 Å². The highest BCUT2D eigenvalue weighted by molar-refractivity contribution is 5.96. The van der Waals surface area contributed by atoms with Crippen molar-refractivity contribution in [2.45, 2.75) is 26.3 Å². The first kappa shape index (κ1) is 20.4. The molecule has 0 aliphatic rings. The van der Waals surface area contributed by atoms with Gasteiger partial charge in [0, 0.05) is 11.1 Å². The van der Waals surface area contributed by atoms with E-state index in [9.17, 15) is 4.79 Å². The Labute approximate surface area is 161 Å². The van der Waals surface area contributed by atoms with E-state index >= 15 is 0 Å². The summed E-state index contributed by atoms with van der Waals surface area (Å²) < 4.78 is 16.0. The van der Waals surface area contributed by atoms with Crippen LogP contribution in [-0.4, -0.2) is 27.2 Å². The number of methoxy groups -OCH3 is 3. The number of hydrogen-bond acceptors (Lipinski definition) is 4. The maximum atomic E-state index is 12.9.